The van der Waals surface area contributed by atoms with Gasteiger partial charge in [0, 0.05) is 24.0 Å². The molecule has 5 heteroatoms. The van der Waals surface area contributed by atoms with Crippen molar-refractivity contribution in [2.75, 3.05) is 5.32 Å². The molecule has 1 amide bonds. The van der Waals surface area contributed by atoms with Crippen molar-refractivity contribution >= 4 is 44.7 Å². The molecule has 0 bridgehead atoms. The number of aryl methyl sites for hydroxylation is 2. The van der Waals surface area contributed by atoms with Crippen LogP contribution >= 0.6 is 0 Å². The van der Waals surface area contributed by atoms with Gasteiger partial charge in [-0.3, -0.25) is 4.79 Å². The molecule has 1 N–H and O–H groups in total. The fourth-order valence-electron chi connectivity index (χ4n) is 3.87. The summed E-state index contributed by atoms with van der Waals surface area (Å²) in [6.07, 6.45) is 1.34. The van der Waals surface area contributed by atoms with Crippen molar-refractivity contribution < 1.29 is 4.79 Å². The molecule has 0 saturated heterocycles. The van der Waals surface area contributed by atoms with Crippen molar-refractivity contribution in [2.24, 2.45) is 0 Å². The summed E-state index contributed by atoms with van der Waals surface area (Å²) in [4.78, 5) is 22.3. The fraction of sp³-hybridized carbons (Fsp3) is 0.160. The zero-order chi connectivity index (χ0) is 20.5. The molecule has 5 nitrogen and oxygen atoms in total. The van der Waals surface area contributed by atoms with Gasteiger partial charge in [0.2, 0.25) is 5.91 Å². The lowest BCUT2D eigenvalue weighted by Gasteiger charge is -2.09. The van der Waals surface area contributed by atoms with Gasteiger partial charge in [-0.1, -0.05) is 49.4 Å². The largest absolute Gasteiger partial charge is 0.326 e. The number of amides is 1. The van der Waals surface area contributed by atoms with Crippen molar-refractivity contribution in [1.29, 1.82) is 0 Å². The minimum absolute atomic E-state index is 0.0149. The quantitative estimate of drug-likeness (QED) is 0.438. The lowest BCUT2D eigenvalue weighted by atomic mass is 10.1. The van der Waals surface area contributed by atoms with Gasteiger partial charge in [0.05, 0.1) is 16.6 Å². The Hall–Kier alpha value is -3.73. The zero-order valence-electron chi connectivity index (χ0n) is 16.8. The Balaban J connectivity index is 1.46. The maximum atomic E-state index is 12.6. The Morgan fingerprint density at radius 3 is 2.37 bits per heavy atom. The molecule has 0 spiro atoms. The highest BCUT2D eigenvalue weighted by atomic mass is 16.1. The van der Waals surface area contributed by atoms with Crippen molar-refractivity contribution in [3.05, 3.63) is 78.4 Å². The molecule has 0 radical (unpaired) electrons. The van der Waals surface area contributed by atoms with Crippen molar-refractivity contribution in [2.45, 2.75) is 26.3 Å². The van der Waals surface area contributed by atoms with Gasteiger partial charge in [-0.2, -0.15) is 0 Å². The maximum Gasteiger partial charge on any atom is 0.226 e. The van der Waals surface area contributed by atoms with Crippen LogP contribution in [0.2, 0.25) is 0 Å². The average molecular weight is 394 g/mol. The summed E-state index contributed by atoms with van der Waals surface area (Å²) in [5.74, 6) is -0.0149. The minimum Gasteiger partial charge on any atom is -0.326 e. The molecule has 0 unspecified atom stereocenters. The molecule has 0 aliphatic rings. The van der Waals surface area contributed by atoms with Crippen LogP contribution in [0.15, 0.2) is 72.8 Å². The van der Waals surface area contributed by atoms with Crippen LogP contribution in [0.1, 0.15) is 18.9 Å². The van der Waals surface area contributed by atoms with Crippen molar-refractivity contribution in [3.63, 3.8) is 0 Å². The summed E-state index contributed by atoms with van der Waals surface area (Å²) in [5, 5.41) is 4.05. The van der Waals surface area contributed by atoms with E-state index in [-0.39, 0.29) is 5.91 Å². The number of para-hydroxylation sites is 3. The van der Waals surface area contributed by atoms with Crippen molar-refractivity contribution in [1.82, 2.24) is 14.5 Å². The molecule has 0 aliphatic carbocycles. The normalized spacial score (nSPS) is 11.4. The van der Waals surface area contributed by atoms with E-state index >= 15 is 0 Å². The predicted octanol–water partition coefficient (Wildman–Crippen LogP) is 5.33. The lowest BCUT2D eigenvalue weighted by molar-refractivity contribution is -0.116. The molecule has 148 valence electrons. The van der Waals surface area contributed by atoms with Crippen LogP contribution in [-0.2, 0) is 17.8 Å². The lowest BCUT2D eigenvalue weighted by Crippen LogP contribution is -2.14. The minimum atomic E-state index is -0.0149. The fourth-order valence-corrected chi connectivity index (χ4v) is 3.87. The van der Waals surface area contributed by atoms with E-state index in [1.807, 2.05) is 60.7 Å². The van der Waals surface area contributed by atoms with Gasteiger partial charge < -0.3 is 9.88 Å². The van der Waals surface area contributed by atoms with Crippen LogP contribution in [0.5, 0.6) is 0 Å². The van der Waals surface area contributed by atoms with Crippen LogP contribution in [-0.4, -0.2) is 20.4 Å². The standard InChI is InChI=1S/C25H22N4O/c1-2-17-11-13-18(14-12-17)26-23(30)15-16-29-22-10-6-3-7-19(22)24-25(29)28-21-9-5-4-8-20(21)27-24/h3-14H,2,15-16H2,1H3,(H,26,30). The summed E-state index contributed by atoms with van der Waals surface area (Å²) in [7, 11) is 0. The Kier molecular flexibility index (Phi) is 4.64. The first-order valence-electron chi connectivity index (χ1n) is 10.3. The second-order valence-electron chi connectivity index (χ2n) is 7.40. The Morgan fingerprint density at radius 1 is 0.900 bits per heavy atom. The molecule has 3 aromatic carbocycles. The van der Waals surface area contributed by atoms with Gasteiger partial charge in [0.15, 0.2) is 5.65 Å². The summed E-state index contributed by atoms with van der Waals surface area (Å²) < 4.78 is 2.10. The van der Waals surface area contributed by atoms with Gasteiger partial charge in [-0.05, 0) is 42.3 Å². The summed E-state index contributed by atoms with van der Waals surface area (Å²) in [6, 6.07) is 24.0. The Morgan fingerprint density at radius 2 is 1.60 bits per heavy atom. The Bertz CT molecular complexity index is 1370. The van der Waals surface area contributed by atoms with Gasteiger partial charge in [-0.15, -0.1) is 0 Å². The molecule has 5 aromatic rings. The van der Waals surface area contributed by atoms with Gasteiger partial charge in [0.1, 0.15) is 5.52 Å². The second kappa shape index (κ2) is 7.59. The highest BCUT2D eigenvalue weighted by molar-refractivity contribution is 6.06. The Labute approximate surface area is 174 Å². The number of nitrogens with zero attached hydrogens (tertiary/aromatic N) is 3. The van der Waals surface area contributed by atoms with E-state index < -0.39 is 0 Å². The maximum absolute atomic E-state index is 12.6. The molecule has 0 aliphatic heterocycles. The van der Waals surface area contributed by atoms with Gasteiger partial charge >= 0.3 is 0 Å². The van der Waals surface area contributed by atoms with E-state index in [4.69, 9.17) is 9.97 Å². The topological polar surface area (TPSA) is 59.8 Å². The van der Waals surface area contributed by atoms with E-state index in [1.54, 1.807) is 0 Å². The third kappa shape index (κ3) is 3.28. The molecule has 0 saturated carbocycles. The van der Waals surface area contributed by atoms with E-state index in [0.717, 1.165) is 45.2 Å². The first-order valence-corrected chi connectivity index (χ1v) is 10.3. The van der Waals surface area contributed by atoms with Crippen LogP contribution in [0, 0.1) is 0 Å². The number of rotatable bonds is 5. The van der Waals surface area contributed by atoms with Crippen LogP contribution in [0.25, 0.3) is 33.1 Å². The first kappa shape index (κ1) is 18.3. The van der Waals surface area contributed by atoms with Gasteiger partial charge in [-0.25, -0.2) is 9.97 Å². The first-order chi connectivity index (χ1) is 14.7. The third-order valence-electron chi connectivity index (χ3n) is 5.47. The molecular formula is C25H22N4O. The number of carbonyl (C=O) groups excluding carboxylic acids is 1. The van der Waals surface area contributed by atoms with Crippen LogP contribution in [0.3, 0.4) is 0 Å². The molecular weight excluding hydrogens is 372 g/mol. The monoisotopic (exact) mass is 394 g/mol. The number of fused-ring (bicyclic) bond motifs is 4. The number of aromatic nitrogens is 3. The highest BCUT2D eigenvalue weighted by Gasteiger charge is 2.15. The second-order valence-corrected chi connectivity index (χ2v) is 7.40. The number of carbonyl (C=O) groups is 1. The van der Waals surface area contributed by atoms with Gasteiger partial charge in [0.25, 0.3) is 0 Å². The number of hydrogen-bond acceptors (Lipinski definition) is 3. The molecule has 2 aromatic heterocycles. The number of hydrogen-bond donors (Lipinski definition) is 1. The van der Waals surface area contributed by atoms with E-state index in [2.05, 4.69) is 28.9 Å². The van der Waals surface area contributed by atoms with E-state index in [1.165, 1.54) is 5.56 Å². The van der Waals surface area contributed by atoms with Crippen molar-refractivity contribution in [3.8, 4) is 0 Å². The SMILES string of the molecule is CCc1ccc(NC(=O)CCn2c3ccccc3c3nc4ccccc4nc32)cc1. The highest BCUT2D eigenvalue weighted by Crippen LogP contribution is 2.28. The third-order valence-corrected chi connectivity index (χ3v) is 5.47. The molecule has 2 heterocycles. The smallest absolute Gasteiger partial charge is 0.226 e. The molecule has 0 atom stereocenters. The summed E-state index contributed by atoms with van der Waals surface area (Å²) in [6.45, 7) is 2.65. The summed E-state index contributed by atoms with van der Waals surface area (Å²) in [5.41, 5.74) is 6.54. The molecule has 30 heavy (non-hydrogen) atoms. The van der Waals surface area contributed by atoms with Crippen LogP contribution in [0.4, 0.5) is 5.69 Å². The number of nitrogens with one attached hydrogen (secondary N) is 1. The summed E-state index contributed by atoms with van der Waals surface area (Å²) >= 11 is 0. The average Bonchev–Trinajstić information content (AvgIpc) is 3.09. The number of anilines is 1. The predicted molar refractivity (Wildman–Crippen MR) is 122 cm³/mol. The molecule has 0 fully saturated rings. The van der Waals surface area contributed by atoms with E-state index in [0.29, 0.717) is 13.0 Å². The molecule has 5 rings (SSSR count). The van der Waals surface area contributed by atoms with Crippen LogP contribution < -0.4 is 5.32 Å². The van der Waals surface area contributed by atoms with E-state index in [9.17, 15) is 4.79 Å². The zero-order valence-corrected chi connectivity index (χ0v) is 16.8. The number of benzene rings is 3.